The van der Waals surface area contributed by atoms with E-state index in [1.807, 2.05) is 24.3 Å². The number of nitrogens with zero attached hydrogens (tertiary/aromatic N) is 2. The highest BCUT2D eigenvalue weighted by Gasteiger charge is 2.41. The summed E-state index contributed by atoms with van der Waals surface area (Å²) in [6.45, 7) is 5.69. The van der Waals surface area contributed by atoms with Gasteiger partial charge in [0.2, 0.25) is 0 Å². The number of rotatable bonds is 2. The summed E-state index contributed by atoms with van der Waals surface area (Å²) in [5.74, 6) is -0.0763. The summed E-state index contributed by atoms with van der Waals surface area (Å²) < 4.78 is 53.4. The predicted molar refractivity (Wildman–Crippen MR) is 185 cm³/mol. The number of halogens is 1. The summed E-state index contributed by atoms with van der Waals surface area (Å²) in [6.07, 6.45) is 7.78. The van der Waals surface area contributed by atoms with Crippen LogP contribution in [0.1, 0.15) is 57.1 Å². The van der Waals surface area contributed by atoms with Crippen LogP contribution in [0.2, 0.25) is 5.02 Å². The van der Waals surface area contributed by atoms with E-state index in [9.17, 15) is 18.0 Å². The average Bonchev–Trinajstić information content (AvgIpc) is 3.58. The molecule has 11 nitrogen and oxygen atoms in total. The Kier molecular flexibility index (Phi) is 10.8. The van der Waals surface area contributed by atoms with E-state index in [1.165, 1.54) is 19.9 Å². The predicted octanol–water partition coefficient (Wildman–Crippen LogP) is 5.48. The molecule has 0 spiro atoms. The monoisotopic (exact) mass is 715 g/mol. The van der Waals surface area contributed by atoms with E-state index >= 15 is 0 Å². The maximum atomic E-state index is 13.6. The fourth-order valence-corrected chi connectivity index (χ4v) is 8.20. The lowest BCUT2D eigenvalue weighted by atomic mass is 9.70. The molecule has 266 valence electrons. The van der Waals surface area contributed by atoms with Crippen LogP contribution in [0.15, 0.2) is 53.4 Å². The largest absolute Gasteiger partial charge is 0.487 e. The first-order valence-electron chi connectivity index (χ1n) is 17.1. The Labute approximate surface area is 293 Å². The molecule has 6 rings (SSSR count). The average molecular weight is 716 g/mol. The number of aryl methyl sites for hydroxylation is 1. The molecule has 0 radical (unpaired) electrons. The van der Waals surface area contributed by atoms with E-state index in [0.717, 1.165) is 49.7 Å². The molecule has 3 aliphatic heterocycles. The number of ether oxygens (including phenoxy) is 4. The quantitative estimate of drug-likeness (QED) is 0.403. The maximum absolute atomic E-state index is 13.6. The number of likely N-dealkylation sites (N-methyl/N-ethyl adjacent to an activating group) is 1. The Morgan fingerprint density at radius 1 is 1.10 bits per heavy atom. The van der Waals surface area contributed by atoms with Crippen LogP contribution in [0.4, 0.5) is 10.5 Å². The third-order valence-electron chi connectivity index (χ3n) is 10.2. The van der Waals surface area contributed by atoms with E-state index in [4.69, 9.17) is 30.5 Å². The Bertz CT molecular complexity index is 1680. The van der Waals surface area contributed by atoms with Crippen molar-refractivity contribution in [2.75, 3.05) is 44.9 Å². The lowest BCUT2D eigenvalue weighted by Crippen LogP contribution is -2.47. The molecule has 1 saturated carbocycles. The first-order valence-corrected chi connectivity index (χ1v) is 19.0. The smallest absolute Gasteiger partial charge is 0.410 e. The summed E-state index contributed by atoms with van der Waals surface area (Å²) in [6, 6.07) is 10.5. The summed E-state index contributed by atoms with van der Waals surface area (Å²) in [4.78, 5) is 30.4. The Morgan fingerprint density at radius 2 is 1.94 bits per heavy atom. The van der Waals surface area contributed by atoms with E-state index < -0.39 is 33.7 Å². The van der Waals surface area contributed by atoms with Crippen molar-refractivity contribution >= 4 is 39.3 Å². The minimum Gasteiger partial charge on any atom is -0.487 e. The molecule has 1 N–H and O–H groups in total. The van der Waals surface area contributed by atoms with Crippen LogP contribution in [0, 0.1) is 11.8 Å². The fraction of sp³-hybridized carbons (Fsp3) is 0.556. The van der Waals surface area contributed by atoms with Crippen LogP contribution in [-0.4, -0.2) is 83.0 Å². The SMILES string of the molecule is CN(C(=O)O[C@H]1/C=C/COC(C)(C)C(=O)NS(=O)(=O)c2ccc3c(c2)N(CCCCc2cc(Cl)ccc2CO3)C[C@@H]2CC[C@H]21)[C@@H]1CCOC1. The highest BCUT2D eigenvalue weighted by Crippen LogP contribution is 2.42. The van der Waals surface area contributed by atoms with Crippen molar-refractivity contribution < 1.29 is 37.0 Å². The second-order valence-electron chi connectivity index (χ2n) is 13.9. The summed E-state index contributed by atoms with van der Waals surface area (Å²) in [5.41, 5.74) is 1.32. The van der Waals surface area contributed by atoms with Crippen molar-refractivity contribution in [3.8, 4) is 5.75 Å². The number of amides is 2. The van der Waals surface area contributed by atoms with Gasteiger partial charge in [-0.2, -0.15) is 0 Å². The number of hydrogen-bond donors (Lipinski definition) is 1. The number of fused-ring (bicyclic) bond motifs is 3. The van der Waals surface area contributed by atoms with Gasteiger partial charge in [0.25, 0.3) is 15.9 Å². The first kappa shape index (κ1) is 35.5. The topological polar surface area (TPSA) is 124 Å². The molecule has 2 aromatic carbocycles. The fourth-order valence-electron chi connectivity index (χ4n) is 6.88. The molecule has 0 aromatic heterocycles. The van der Waals surface area contributed by atoms with Gasteiger partial charge in [0.15, 0.2) is 0 Å². The third-order valence-corrected chi connectivity index (χ3v) is 11.8. The van der Waals surface area contributed by atoms with Gasteiger partial charge in [0, 0.05) is 37.7 Å². The van der Waals surface area contributed by atoms with Crippen LogP contribution in [0.25, 0.3) is 0 Å². The zero-order valence-electron chi connectivity index (χ0n) is 28.4. The van der Waals surface area contributed by atoms with Gasteiger partial charge in [-0.25, -0.2) is 17.9 Å². The molecule has 4 aliphatic rings. The number of benzene rings is 2. The van der Waals surface area contributed by atoms with Gasteiger partial charge < -0.3 is 28.7 Å². The van der Waals surface area contributed by atoms with Gasteiger partial charge in [0.05, 0.1) is 29.8 Å². The van der Waals surface area contributed by atoms with Crippen molar-refractivity contribution in [3.05, 3.63) is 64.7 Å². The third kappa shape index (κ3) is 8.19. The Hall–Kier alpha value is -3.32. The minimum absolute atomic E-state index is 0.0219. The van der Waals surface area contributed by atoms with Gasteiger partial charge in [-0.05, 0) is 106 Å². The van der Waals surface area contributed by atoms with Crippen molar-refractivity contribution in [2.24, 2.45) is 11.8 Å². The molecule has 13 heteroatoms. The van der Waals surface area contributed by atoms with E-state index in [-0.39, 0.29) is 36.0 Å². The number of sulfonamides is 1. The van der Waals surface area contributed by atoms with Gasteiger partial charge in [-0.15, -0.1) is 0 Å². The van der Waals surface area contributed by atoms with Crippen LogP contribution in [0.3, 0.4) is 0 Å². The zero-order chi connectivity index (χ0) is 34.8. The number of carbonyl (C=O) groups excluding carboxylic acids is 2. The van der Waals surface area contributed by atoms with Crippen LogP contribution in [0.5, 0.6) is 5.75 Å². The lowest BCUT2D eigenvalue weighted by Gasteiger charge is -2.44. The molecule has 1 saturated heterocycles. The Balaban J connectivity index is 1.35. The molecule has 2 amide bonds. The molecule has 49 heavy (non-hydrogen) atoms. The highest BCUT2D eigenvalue weighted by atomic mass is 35.5. The van der Waals surface area contributed by atoms with Gasteiger partial charge in [-0.1, -0.05) is 23.7 Å². The summed E-state index contributed by atoms with van der Waals surface area (Å²) in [7, 11) is -2.50. The van der Waals surface area contributed by atoms with Crippen LogP contribution in [-0.2, 0) is 42.1 Å². The molecule has 4 atom stereocenters. The van der Waals surface area contributed by atoms with Crippen molar-refractivity contribution in [1.82, 2.24) is 9.62 Å². The number of anilines is 1. The summed E-state index contributed by atoms with van der Waals surface area (Å²) in [5, 5.41) is 0.674. The van der Waals surface area contributed by atoms with Crippen LogP contribution < -0.4 is 14.4 Å². The van der Waals surface area contributed by atoms with Crippen LogP contribution >= 0.6 is 11.6 Å². The van der Waals surface area contributed by atoms with Crippen molar-refractivity contribution in [3.63, 3.8) is 0 Å². The Morgan fingerprint density at radius 3 is 2.69 bits per heavy atom. The van der Waals surface area contributed by atoms with E-state index in [0.29, 0.717) is 42.8 Å². The number of nitrogens with one attached hydrogen (secondary N) is 1. The summed E-state index contributed by atoms with van der Waals surface area (Å²) >= 11 is 6.34. The van der Waals surface area contributed by atoms with Gasteiger partial charge >= 0.3 is 6.09 Å². The second kappa shape index (κ2) is 14.9. The molecule has 1 aliphatic carbocycles. The molecular weight excluding hydrogens is 670 g/mol. The highest BCUT2D eigenvalue weighted by molar-refractivity contribution is 7.90. The molecule has 2 bridgehead atoms. The number of carbonyl (C=O) groups is 2. The molecule has 2 aromatic rings. The minimum atomic E-state index is -4.24. The number of hydrogen-bond acceptors (Lipinski definition) is 9. The van der Waals surface area contributed by atoms with Gasteiger partial charge in [-0.3, -0.25) is 4.79 Å². The first-order chi connectivity index (χ1) is 23.4. The van der Waals surface area contributed by atoms with Gasteiger partial charge in [0.1, 0.15) is 24.1 Å². The normalized spacial score (nSPS) is 27.5. The zero-order valence-corrected chi connectivity index (χ0v) is 29.9. The molecule has 2 fully saturated rings. The van der Waals surface area contributed by atoms with Crippen molar-refractivity contribution in [2.45, 2.75) is 81.6 Å². The molecular formula is C36H46ClN3O8S. The molecule has 3 heterocycles. The lowest BCUT2D eigenvalue weighted by molar-refractivity contribution is -0.139. The maximum Gasteiger partial charge on any atom is 0.410 e. The second-order valence-corrected chi connectivity index (χ2v) is 16.0. The van der Waals surface area contributed by atoms with Crippen molar-refractivity contribution in [1.29, 1.82) is 0 Å². The van der Waals surface area contributed by atoms with E-state index in [1.54, 1.807) is 30.2 Å². The molecule has 0 unspecified atom stereocenters. The van der Waals surface area contributed by atoms with E-state index in [2.05, 4.69) is 9.62 Å². The standard InChI is InChI=1S/C36H46ClN3O8S/c1-36(2)34(41)38-49(43,44)29-12-14-33-31(20-29)40(16-5-4-7-24-19-27(37)11-9-26(24)22-46-33)21-25-10-13-30(25)32(8-6-17-47-36)48-35(42)39(3)28-15-18-45-23-28/h6,8-9,11-12,14,19-20,25,28,30,32H,4-5,7,10,13,15-18,21-23H2,1-3H3,(H,38,41)/b8-6+/t25-,28+,30+,32-/m0/s1.